The van der Waals surface area contributed by atoms with Gasteiger partial charge >= 0.3 is 6.85 Å². The standard InChI is InChI=1S/C68H49BN4O/c1-2-3-19-45-34-37-50(38-35-45)71(49-25-11-6-12-26-49)52-42-58-55-29-17-31-57-65-53-27-14-13-20-46(53)36-41-60(65)73(67(55)57)69-59-40-39-51(70(47-21-7-4-8-22-47)48-23-9-5-10-24-48)43-62(59)72(63(44-52)66(58)69)61-32-18-30-56-54-28-15-16-33-64(54)74-68(56)61/h4-18,20-44H,2-3,19H2,1H3. The fraction of sp³-hybridized carbons (Fsp3) is 0.0588. The summed E-state index contributed by atoms with van der Waals surface area (Å²) in [5.74, 6) is 0. The Morgan fingerprint density at radius 2 is 1.05 bits per heavy atom. The molecule has 0 spiro atoms. The highest BCUT2D eigenvalue weighted by Crippen LogP contribution is 2.51. The Morgan fingerprint density at radius 1 is 0.446 bits per heavy atom. The molecule has 11 aromatic carbocycles. The van der Waals surface area contributed by atoms with E-state index in [9.17, 15) is 0 Å². The van der Waals surface area contributed by atoms with Crippen molar-refractivity contribution in [3.05, 3.63) is 248 Å². The Hall–Kier alpha value is -9.26. The lowest BCUT2D eigenvalue weighted by Crippen LogP contribution is -2.56. The summed E-state index contributed by atoms with van der Waals surface area (Å²) in [5, 5.41) is 7.24. The number of rotatable bonds is 10. The van der Waals surface area contributed by atoms with Gasteiger partial charge in [0.05, 0.1) is 5.69 Å². The van der Waals surface area contributed by atoms with Crippen LogP contribution in [0.1, 0.15) is 25.3 Å². The summed E-state index contributed by atoms with van der Waals surface area (Å²) in [4.78, 5) is 7.36. The zero-order chi connectivity index (χ0) is 48.9. The monoisotopic (exact) mass is 948 g/mol. The fourth-order valence-corrected chi connectivity index (χ4v) is 12.4. The molecular formula is C68H49BN4O. The number of aromatic nitrogens is 1. The summed E-state index contributed by atoms with van der Waals surface area (Å²) in [6.45, 7) is 2.09. The van der Waals surface area contributed by atoms with E-state index in [2.05, 4.69) is 269 Å². The molecule has 74 heavy (non-hydrogen) atoms. The molecule has 0 unspecified atom stereocenters. The molecule has 0 radical (unpaired) electrons. The van der Waals surface area contributed by atoms with Gasteiger partial charge in [-0.25, -0.2) is 0 Å². The van der Waals surface area contributed by atoms with Crippen LogP contribution in [0, 0.1) is 0 Å². The highest BCUT2D eigenvalue weighted by Gasteiger charge is 2.44. The summed E-state index contributed by atoms with van der Waals surface area (Å²) < 4.78 is 9.73. The third kappa shape index (κ3) is 6.44. The first-order valence-corrected chi connectivity index (χ1v) is 26.0. The maximum Gasteiger partial charge on any atom is 0.333 e. The van der Waals surface area contributed by atoms with Crippen molar-refractivity contribution in [1.29, 1.82) is 0 Å². The van der Waals surface area contributed by atoms with Gasteiger partial charge in [-0.3, -0.25) is 0 Å². The second-order valence-electron chi connectivity index (χ2n) is 19.9. The SMILES string of the molecule is CCCCc1ccc(N(c2ccccc2)c2cc3c4c(c2)N(c2cccc5c2oc2ccccc25)c2cc(N(c5ccccc5)c5ccccc5)ccc2B4n2c4ccc5ccccc5c4c4cccc-3c42)cc1. The summed E-state index contributed by atoms with van der Waals surface area (Å²) in [6.07, 6.45) is 3.40. The van der Waals surface area contributed by atoms with E-state index < -0.39 is 0 Å². The fourth-order valence-electron chi connectivity index (χ4n) is 12.4. The van der Waals surface area contributed by atoms with E-state index in [-0.39, 0.29) is 6.85 Å². The van der Waals surface area contributed by atoms with Gasteiger partial charge < -0.3 is 23.6 Å². The average molecular weight is 949 g/mol. The zero-order valence-electron chi connectivity index (χ0n) is 41.0. The Labute approximate surface area is 430 Å². The maximum absolute atomic E-state index is 7.06. The Kier molecular flexibility index (Phi) is 9.71. The number of furan rings is 1. The Morgan fingerprint density at radius 3 is 1.80 bits per heavy atom. The van der Waals surface area contributed by atoms with Gasteiger partial charge in [-0.05, 0) is 137 Å². The normalized spacial score (nSPS) is 12.5. The van der Waals surface area contributed by atoms with Gasteiger partial charge in [-0.15, -0.1) is 0 Å². The molecule has 4 heterocycles. The topological polar surface area (TPSA) is 27.8 Å². The molecule has 0 N–H and O–H groups in total. The van der Waals surface area contributed by atoms with E-state index in [1.54, 1.807) is 0 Å². The van der Waals surface area contributed by atoms with Crippen LogP contribution in [0.15, 0.2) is 247 Å². The van der Waals surface area contributed by atoms with Crippen molar-refractivity contribution in [2.45, 2.75) is 26.2 Å². The maximum atomic E-state index is 7.06. The second kappa shape index (κ2) is 16.9. The number of hydrogen-bond donors (Lipinski definition) is 0. The summed E-state index contributed by atoms with van der Waals surface area (Å²) in [6, 6.07) is 89.3. The van der Waals surface area contributed by atoms with Crippen molar-refractivity contribution in [3.63, 3.8) is 0 Å². The number of nitrogens with zero attached hydrogens (tertiary/aromatic N) is 4. The minimum atomic E-state index is -0.176. The van der Waals surface area contributed by atoms with Gasteiger partial charge in [0, 0.05) is 83.6 Å². The molecule has 13 aromatic rings. The lowest BCUT2D eigenvalue weighted by atomic mass is 9.45. The van der Waals surface area contributed by atoms with Crippen LogP contribution in [-0.4, -0.2) is 11.3 Å². The lowest BCUT2D eigenvalue weighted by Gasteiger charge is -2.42. The second-order valence-corrected chi connectivity index (χ2v) is 19.9. The summed E-state index contributed by atoms with van der Waals surface area (Å²) in [5.41, 5.74) is 20.2. The summed E-state index contributed by atoms with van der Waals surface area (Å²) >= 11 is 0. The molecule has 0 saturated heterocycles. The van der Waals surface area contributed by atoms with E-state index in [1.807, 2.05) is 0 Å². The van der Waals surface area contributed by atoms with Crippen LogP contribution in [0.25, 0.3) is 65.6 Å². The molecule has 0 amide bonds. The zero-order valence-corrected chi connectivity index (χ0v) is 41.0. The smallest absolute Gasteiger partial charge is 0.333 e. The lowest BCUT2D eigenvalue weighted by molar-refractivity contribution is 0.669. The number of aryl methyl sites for hydroxylation is 1. The predicted molar refractivity (Wildman–Crippen MR) is 313 cm³/mol. The largest absolute Gasteiger partial charge is 0.454 e. The Balaban J connectivity index is 1.08. The number of anilines is 9. The molecule has 0 bridgehead atoms. The number of para-hydroxylation sites is 6. The molecular weight excluding hydrogens is 900 g/mol. The molecule has 0 atom stereocenters. The van der Waals surface area contributed by atoms with Crippen LogP contribution in [0.2, 0.25) is 0 Å². The van der Waals surface area contributed by atoms with Gasteiger partial charge in [0.25, 0.3) is 0 Å². The highest BCUT2D eigenvalue weighted by molar-refractivity contribution is 6.90. The molecule has 0 fully saturated rings. The number of benzene rings is 11. The molecule has 15 rings (SSSR count). The first-order chi connectivity index (χ1) is 36.7. The van der Waals surface area contributed by atoms with Gasteiger partial charge in [-0.2, -0.15) is 0 Å². The van der Waals surface area contributed by atoms with Gasteiger partial charge in [0.15, 0.2) is 5.58 Å². The molecule has 6 heteroatoms. The van der Waals surface area contributed by atoms with Crippen molar-refractivity contribution in [1.82, 2.24) is 4.48 Å². The molecule has 350 valence electrons. The third-order valence-electron chi connectivity index (χ3n) is 15.7. The third-order valence-corrected chi connectivity index (χ3v) is 15.7. The molecule has 0 saturated carbocycles. The molecule has 5 nitrogen and oxygen atoms in total. The Bertz CT molecular complexity index is 4280. The van der Waals surface area contributed by atoms with Crippen molar-refractivity contribution < 1.29 is 4.42 Å². The van der Waals surface area contributed by atoms with Crippen molar-refractivity contribution in [2.75, 3.05) is 14.7 Å². The minimum Gasteiger partial charge on any atom is -0.454 e. The van der Waals surface area contributed by atoms with E-state index in [0.29, 0.717) is 0 Å². The highest BCUT2D eigenvalue weighted by atomic mass is 16.3. The van der Waals surface area contributed by atoms with E-state index >= 15 is 0 Å². The number of hydrogen-bond acceptors (Lipinski definition) is 4. The molecule has 2 aromatic heterocycles. The van der Waals surface area contributed by atoms with Crippen LogP contribution in [0.4, 0.5) is 51.2 Å². The average Bonchev–Trinajstić information content (AvgIpc) is 4.02. The van der Waals surface area contributed by atoms with E-state index in [1.165, 1.54) is 66.6 Å². The molecule has 2 aliphatic heterocycles. The van der Waals surface area contributed by atoms with Crippen LogP contribution in [-0.2, 0) is 6.42 Å². The van der Waals surface area contributed by atoms with Gasteiger partial charge in [0.2, 0.25) is 0 Å². The quantitative estimate of drug-likeness (QED) is 0.128. The van der Waals surface area contributed by atoms with E-state index in [4.69, 9.17) is 4.42 Å². The number of fused-ring (bicyclic) bond motifs is 12. The minimum absolute atomic E-state index is 0.176. The molecule has 0 aliphatic carbocycles. The van der Waals surface area contributed by atoms with Crippen LogP contribution < -0.4 is 25.6 Å². The van der Waals surface area contributed by atoms with Crippen LogP contribution in [0.3, 0.4) is 0 Å². The number of unbranched alkanes of at least 4 members (excludes halogenated alkanes) is 1. The van der Waals surface area contributed by atoms with Gasteiger partial charge in [-0.1, -0.05) is 165 Å². The van der Waals surface area contributed by atoms with Crippen molar-refractivity contribution >= 4 is 123 Å². The first-order valence-electron chi connectivity index (χ1n) is 26.0. The summed E-state index contributed by atoms with van der Waals surface area (Å²) in [7, 11) is 0. The van der Waals surface area contributed by atoms with Gasteiger partial charge in [0.1, 0.15) is 5.58 Å². The van der Waals surface area contributed by atoms with Crippen molar-refractivity contribution in [3.8, 4) is 11.1 Å². The first kappa shape index (κ1) is 42.4. The van der Waals surface area contributed by atoms with Crippen LogP contribution >= 0.6 is 0 Å². The van der Waals surface area contributed by atoms with Crippen molar-refractivity contribution in [2.24, 2.45) is 0 Å². The predicted octanol–water partition coefficient (Wildman–Crippen LogP) is 17.5. The van der Waals surface area contributed by atoms with Crippen LogP contribution in [0.5, 0.6) is 0 Å². The van der Waals surface area contributed by atoms with E-state index in [0.717, 1.165) is 86.0 Å². The molecule has 2 aliphatic rings.